The van der Waals surface area contributed by atoms with E-state index in [-0.39, 0.29) is 10.5 Å². The van der Waals surface area contributed by atoms with E-state index < -0.39 is 16.0 Å². The topological polar surface area (TPSA) is 74.7 Å². The van der Waals surface area contributed by atoms with Gasteiger partial charge in [-0.1, -0.05) is 18.2 Å². The van der Waals surface area contributed by atoms with Gasteiger partial charge in [0.05, 0.1) is 16.1 Å². The Morgan fingerprint density at radius 2 is 1.88 bits per heavy atom. The van der Waals surface area contributed by atoms with Gasteiger partial charge in [-0.25, -0.2) is 13.2 Å². The molecule has 2 aromatic rings. The first-order chi connectivity index (χ1) is 11.3. The van der Waals surface area contributed by atoms with Crippen molar-refractivity contribution in [2.24, 2.45) is 0 Å². The number of carbonyl (C=O) groups is 1. The summed E-state index contributed by atoms with van der Waals surface area (Å²) in [4.78, 5) is 11.4. The van der Waals surface area contributed by atoms with Crippen LogP contribution in [0.4, 0.5) is 5.69 Å². The van der Waals surface area contributed by atoms with Crippen LogP contribution in [0.25, 0.3) is 0 Å². The third kappa shape index (κ3) is 2.67. The molecule has 0 radical (unpaired) electrons. The molecule has 6 heteroatoms. The SMILES string of the molecule is Cc1cc(C(=O)O)cc(S(=O)(=O)N2CCCc3ccccc32)c1C. The minimum Gasteiger partial charge on any atom is -0.478 e. The van der Waals surface area contributed by atoms with Gasteiger partial charge < -0.3 is 5.11 Å². The number of hydrogen-bond acceptors (Lipinski definition) is 3. The lowest BCUT2D eigenvalue weighted by Gasteiger charge is -2.31. The molecule has 126 valence electrons. The average Bonchev–Trinajstić information content (AvgIpc) is 2.56. The summed E-state index contributed by atoms with van der Waals surface area (Å²) in [6.45, 7) is 3.84. The second kappa shape index (κ2) is 5.94. The van der Waals surface area contributed by atoms with Crippen molar-refractivity contribution in [3.05, 3.63) is 58.7 Å². The molecule has 1 aliphatic rings. The van der Waals surface area contributed by atoms with Crippen LogP contribution in [-0.4, -0.2) is 26.0 Å². The molecule has 1 N–H and O–H groups in total. The maximum atomic E-state index is 13.2. The van der Waals surface area contributed by atoms with Gasteiger partial charge in [0, 0.05) is 6.54 Å². The highest BCUT2D eigenvalue weighted by Crippen LogP contribution is 2.33. The summed E-state index contributed by atoms with van der Waals surface area (Å²) >= 11 is 0. The number of anilines is 1. The molecule has 24 heavy (non-hydrogen) atoms. The second-order valence-corrected chi connectivity index (χ2v) is 7.86. The van der Waals surface area contributed by atoms with E-state index >= 15 is 0 Å². The molecular weight excluding hydrogens is 326 g/mol. The van der Waals surface area contributed by atoms with E-state index in [1.54, 1.807) is 19.9 Å². The highest BCUT2D eigenvalue weighted by atomic mass is 32.2. The maximum absolute atomic E-state index is 13.2. The Labute approximate surface area is 141 Å². The van der Waals surface area contributed by atoms with Crippen LogP contribution < -0.4 is 4.31 Å². The number of hydrogen-bond donors (Lipinski definition) is 1. The van der Waals surface area contributed by atoms with Crippen molar-refractivity contribution >= 4 is 21.7 Å². The minimum atomic E-state index is -3.81. The Kier molecular flexibility index (Phi) is 4.09. The molecule has 0 spiro atoms. The van der Waals surface area contributed by atoms with Crippen molar-refractivity contribution < 1.29 is 18.3 Å². The zero-order valence-corrected chi connectivity index (χ0v) is 14.4. The molecule has 0 atom stereocenters. The van der Waals surface area contributed by atoms with Gasteiger partial charge >= 0.3 is 5.97 Å². The molecule has 0 fully saturated rings. The number of aryl methyl sites for hydroxylation is 2. The molecule has 2 aromatic carbocycles. The number of nitrogens with zero attached hydrogens (tertiary/aromatic N) is 1. The van der Waals surface area contributed by atoms with Crippen molar-refractivity contribution in [1.82, 2.24) is 0 Å². The maximum Gasteiger partial charge on any atom is 0.335 e. The Bertz CT molecular complexity index is 919. The number of para-hydroxylation sites is 1. The predicted octanol–water partition coefficient (Wildman–Crippen LogP) is 3.14. The molecule has 0 aliphatic carbocycles. The fraction of sp³-hybridized carbons (Fsp3) is 0.278. The van der Waals surface area contributed by atoms with Crippen LogP contribution >= 0.6 is 0 Å². The van der Waals surface area contributed by atoms with Crippen LogP contribution in [0, 0.1) is 13.8 Å². The molecule has 1 aliphatic heterocycles. The third-order valence-corrected chi connectivity index (χ3v) is 6.44. The smallest absolute Gasteiger partial charge is 0.335 e. The standard InChI is InChI=1S/C18H19NO4S/c1-12-10-15(18(20)21)11-17(13(12)2)24(22,23)19-9-5-7-14-6-3-4-8-16(14)19/h3-4,6,8,10-11H,5,7,9H2,1-2H3,(H,20,21). The van der Waals surface area contributed by atoms with E-state index in [0.717, 1.165) is 18.4 Å². The fourth-order valence-electron chi connectivity index (χ4n) is 3.09. The van der Waals surface area contributed by atoms with Gasteiger partial charge in [0.15, 0.2) is 0 Å². The molecule has 0 saturated heterocycles. The number of rotatable bonds is 3. The van der Waals surface area contributed by atoms with Crippen molar-refractivity contribution in [3.63, 3.8) is 0 Å². The van der Waals surface area contributed by atoms with E-state index in [1.807, 2.05) is 18.2 Å². The van der Waals surface area contributed by atoms with Crippen LogP contribution in [0.3, 0.4) is 0 Å². The van der Waals surface area contributed by atoms with Crippen LogP contribution in [-0.2, 0) is 16.4 Å². The second-order valence-electron chi connectivity index (χ2n) is 6.03. The summed E-state index contributed by atoms with van der Waals surface area (Å²) in [5.41, 5.74) is 2.90. The molecule has 0 aromatic heterocycles. The summed E-state index contributed by atoms with van der Waals surface area (Å²) in [5, 5.41) is 9.25. The molecule has 3 rings (SSSR count). The van der Waals surface area contributed by atoms with Crippen molar-refractivity contribution in [3.8, 4) is 0 Å². The lowest BCUT2D eigenvalue weighted by molar-refractivity contribution is 0.0696. The van der Waals surface area contributed by atoms with Crippen LogP contribution in [0.1, 0.15) is 33.5 Å². The van der Waals surface area contributed by atoms with Crippen LogP contribution in [0.5, 0.6) is 0 Å². The first-order valence-electron chi connectivity index (χ1n) is 7.77. The quantitative estimate of drug-likeness (QED) is 0.927. The third-order valence-electron chi connectivity index (χ3n) is 4.50. The molecule has 0 bridgehead atoms. The summed E-state index contributed by atoms with van der Waals surface area (Å²) in [6, 6.07) is 10.2. The largest absolute Gasteiger partial charge is 0.478 e. The van der Waals surface area contributed by atoms with E-state index in [1.165, 1.54) is 16.4 Å². The highest BCUT2D eigenvalue weighted by Gasteiger charge is 2.31. The van der Waals surface area contributed by atoms with Gasteiger partial charge in [-0.05, 0) is 61.6 Å². The zero-order chi connectivity index (χ0) is 17.5. The summed E-state index contributed by atoms with van der Waals surface area (Å²) in [7, 11) is -3.81. The van der Waals surface area contributed by atoms with Gasteiger partial charge in [-0.15, -0.1) is 0 Å². The normalized spacial score (nSPS) is 14.3. The summed E-state index contributed by atoms with van der Waals surface area (Å²) in [6.07, 6.45) is 1.59. The molecule has 0 amide bonds. The number of sulfonamides is 1. The Balaban J connectivity index is 2.18. The van der Waals surface area contributed by atoms with Gasteiger partial charge in [0.25, 0.3) is 10.0 Å². The Morgan fingerprint density at radius 3 is 2.58 bits per heavy atom. The van der Waals surface area contributed by atoms with E-state index in [9.17, 15) is 18.3 Å². The number of carboxylic acids is 1. The molecule has 0 saturated carbocycles. The van der Waals surface area contributed by atoms with Gasteiger partial charge in [0.1, 0.15) is 0 Å². The number of benzene rings is 2. The van der Waals surface area contributed by atoms with Crippen LogP contribution in [0.2, 0.25) is 0 Å². The average molecular weight is 345 g/mol. The first kappa shape index (κ1) is 16.5. The number of carboxylic acid groups (broad SMARTS) is 1. The predicted molar refractivity (Wildman–Crippen MR) is 92.2 cm³/mol. The van der Waals surface area contributed by atoms with E-state index in [2.05, 4.69) is 0 Å². The molecule has 0 unspecified atom stereocenters. The van der Waals surface area contributed by atoms with Gasteiger partial charge in [-0.2, -0.15) is 0 Å². The summed E-state index contributed by atoms with van der Waals surface area (Å²) in [5.74, 6) is -1.13. The highest BCUT2D eigenvalue weighted by molar-refractivity contribution is 7.92. The monoisotopic (exact) mass is 345 g/mol. The van der Waals surface area contributed by atoms with Crippen LogP contribution in [0.15, 0.2) is 41.3 Å². The minimum absolute atomic E-state index is 0.0121. The lowest BCUT2D eigenvalue weighted by atomic mass is 10.0. The Hall–Kier alpha value is -2.34. The van der Waals surface area contributed by atoms with Crippen molar-refractivity contribution in [1.29, 1.82) is 0 Å². The first-order valence-corrected chi connectivity index (χ1v) is 9.21. The molecule has 5 nitrogen and oxygen atoms in total. The summed E-state index contributed by atoms with van der Waals surface area (Å²) < 4.78 is 27.9. The fourth-order valence-corrected chi connectivity index (χ4v) is 4.95. The van der Waals surface area contributed by atoms with Gasteiger partial charge in [-0.3, -0.25) is 4.31 Å². The number of aromatic carboxylic acids is 1. The number of fused-ring (bicyclic) bond motifs is 1. The molecule has 1 heterocycles. The van der Waals surface area contributed by atoms with Gasteiger partial charge in [0.2, 0.25) is 0 Å². The Morgan fingerprint density at radius 1 is 1.17 bits per heavy atom. The van der Waals surface area contributed by atoms with Crippen molar-refractivity contribution in [2.45, 2.75) is 31.6 Å². The zero-order valence-electron chi connectivity index (χ0n) is 13.6. The van der Waals surface area contributed by atoms with E-state index in [4.69, 9.17) is 0 Å². The lowest BCUT2D eigenvalue weighted by Crippen LogP contribution is -2.36. The molecular formula is C18H19NO4S. The van der Waals surface area contributed by atoms with E-state index in [0.29, 0.717) is 23.4 Å². The van der Waals surface area contributed by atoms with Crippen molar-refractivity contribution in [2.75, 3.05) is 10.8 Å².